The molecule has 1 aliphatic heterocycles. The minimum absolute atomic E-state index is 0.0522. The van der Waals surface area contributed by atoms with Gasteiger partial charge >= 0.3 is 12.0 Å². The summed E-state index contributed by atoms with van der Waals surface area (Å²) in [5, 5.41) is 3.42. The van der Waals surface area contributed by atoms with Crippen LogP contribution >= 0.6 is 0 Å². The zero-order valence-electron chi connectivity index (χ0n) is 21.8. The van der Waals surface area contributed by atoms with E-state index in [1.165, 1.54) is 19.3 Å². The Hall–Kier alpha value is -2.64. The van der Waals surface area contributed by atoms with Crippen LogP contribution in [0.5, 0.6) is 17.2 Å². The van der Waals surface area contributed by atoms with E-state index >= 15 is 0 Å². The number of carbonyl (C=O) groups is 2. The molecule has 1 aromatic rings. The summed E-state index contributed by atoms with van der Waals surface area (Å²) in [6.45, 7) is 0.917. The van der Waals surface area contributed by atoms with Gasteiger partial charge in [0.25, 0.3) is 0 Å². The highest BCUT2D eigenvalue weighted by Gasteiger charge is 2.52. The standard InChI is InChI=1S/C28H40N2O6/c1-33-23-13-18(14-24(34-2)25(23)35-3)6-5-9-36-26(31)22-7-4-8-30(22)27(32)29-28-15-19-10-20(16-28)12-21(11-19)17-28/h13-14,19-22H,4-12,15-17H2,1-3H3,(H,29,32). The Morgan fingerprint density at radius 1 is 0.972 bits per heavy atom. The number of nitrogens with zero attached hydrogens (tertiary/aromatic N) is 1. The van der Waals surface area contributed by atoms with Gasteiger partial charge in [-0.15, -0.1) is 0 Å². The van der Waals surface area contributed by atoms with Gasteiger partial charge < -0.3 is 29.2 Å². The molecule has 36 heavy (non-hydrogen) atoms. The molecule has 8 heteroatoms. The van der Waals surface area contributed by atoms with Crippen molar-refractivity contribution in [3.05, 3.63) is 17.7 Å². The molecule has 1 saturated heterocycles. The van der Waals surface area contributed by atoms with Gasteiger partial charge in [0.1, 0.15) is 6.04 Å². The monoisotopic (exact) mass is 500 g/mol. The number of likely N-dealkylation sites (tertiary alicyclic amines) is 1. The summed E-state index contributed by atoms with van der Waals surface area (Å²) in [7, 11) is 4.76. The topological polar surface area (TPSA) is 86.3 Å². The number of hydrogen-bond acceptors (Lipinski definition) is 6. The van der Waals surface area contributed by atoms with Gasteiger partial charge in [0.2, 0.25) is 5.75 Å². The van der Waals surface area contributed by atoms with Crippen LogP contribution in [0.3, 0.4) is 0 Å². The average molecular weight is 501 g/mol. The molecule has 1 unspecified atom stereocenters. The van der Waals surface area contributed by atoms with E-state index in [1.54, 1.807) is 26.2 Å². The van der Waals surface area contributed by atoms with E-state index in [9.17, 15) is 9.59 Å². The number of aryl methyl sites for hydroxylation is 1. The number of urea groups is 1. The molecule has 0 aromatic heterocycles. The van der Waals surface area contributed by atoms with Gasteiger partial charge in [-0.2, -0.15) is 0 Å². The lowest BCUT2D eigenvalue weighted by Crippen LogP contribution is -2.62. The third-order valence-corrected chi connectivity index (χ3v) is 8.77. The minimum Gasteiger partial charge on any atom is -0.493 e. The molecule has 8 nitrogen and oxygen atoms in total. The summed E-state index contributed by atoms with van der Waals surface area (Å²) in [4.78, 5) is 27.9. The first-order valence-corrected chi connectivity index (χ1v) is 13.5. The largest absolute Gasteiger partial charge is 0.493 e. The molecule has 0 radical (unpaired) electrons. The average Bonchev–Trinajstić information content (AvgIpc) is 3.35. The van der Waals surface area contributed by atoms with Crippen molar-refractivity contribution < 1.29 is 28.5 Å². The van der Waals surface area contributed by atoms with Crippen LogP contribution in [-0.4, -0.2) is 63.0 Å². The Labute approximate surface area is 214 Å². The predicted octanol–water partition coefficient (Wildman–Crippen LogP) is 4.33. The number of ether oxygens (including phenoxy) is 4. The fourth-order valence-electron chi connectivity index (χ4n) is 7.64. The van der Waals surface area contributed by atoms with Gasteiger partial charge in [-0.05, 0) is 99.7 Å². The van der Waals surface area contributed by atoms with E-state index in [1.807, 2.05) is 12.1 Å². The zero-order chi connectivity index (χ0) is 25.3. The highest BCUT2D eigenvalue weighted by molar-refractivity contribution is 5.84. The predicted molar refractivity (Wildman–Crippen MR) is 135 cm³/mol. The highest BCUT2D eigenvalue weighted by atomic mass is 16.5. The van der Waals surface area contributed by atoms with Crippen LogP contribution in [0.2, 0.25) is 0 Å². The third kappa shape index (κ3) is 4.96. The van der Waals surface area contributed by atoms with Gasteiger partial charge in [0.15, 0.2) is 11.5 Å². The number of carbonyl (C=O) groups excluding carboxylic acids is 2. The highest BCUT2D eigenvalue weighted by Crippen LogP contribution is 2.55. The minimum atomic E-state index is -0.486. The molecule has 5 fully saturated rings. The van der Waals surface area contributed by atoms with Crippen molar-refractivity contribution in [3.8, 4) is 17.2 Å². The van der Waals surface area contributed by atoms with Crippen molar-refractivity contribution in [1.29, 1.82) is 0 Å². The fourth-order valence-corrected chi connectivity index (χ4v) is 7.64. The van der Waals surface area contributed by atoms with E-state index in [2.05, 4.69) is 5.32 Å². The second-order valence-corrected chi connectivity index (χ2v) is 11.3. The molecule has 2 amide bonds. The van der Waals surface area contributed by atoms with E-state index in [4.69, 9.17) is 18.9 Å². The zero-order valence-corrected chi connectivity index (χ0v) is 21.8. The number of amides is 2. The smallest absolute Gasteiger partial charge is 0.328 e. The first-order chi connectivity index (χ1) is 17.4. The van der Waals surface area contributed by atoms with Gasteiger partial charge in [-0.1, -0.05) is 0 Å². The lowest BCUT2D eigenvalue weighted by molar-refractivity contribution is -0.148. The van der Waals surface area contributed by atoms with E-state index in [0.29, 0.717) is 49.7 Å². The first kappa shape index (κ1) is 25.0. The van der Waals surface area contributed by atoms with Crippen molar-refractivity contribution in [2.24, 2.45) is 17.8 Å². The van der Waals surface area contributed by atoms with Gasteiger partial charge in [-0.25, -0.2) is 9.59 Å². The van der Waals surface area contributed by atoms with E-state index in [-0.39, 0.29) is 17.5 Å². The van der Waals surface area contributed by atoms with Gasteiger partial charge in [0, 0.05) is 12.1 Å². The Morgan fingerprint density at radius 3 is 2.14 bits per heavy atom. The number of rotatable bonds is 9. The lowest BCUT2D eigenvalue weighted by atomic mass is 9.53. The Balaban J connectivity index is 1.12. The van der Waals surface area contributed by atoms with Crippen LogP contribution in [-0.2, 0) is 16.0 Å². The SMILES string of the molecule is COc1cc(CCCOC(=O)C2CCCN2C(=O)NC23CC4CC(CC(C4)C2)C3)cc(OC)c1OC. The summed E-state index contributed by atoms with van der Waals surface area (Å²) in [5.41, 5.74) is 0.960. The normalized spacial score (nSPS) is 30.2. The fraction of sp³-hybridized carbons (Fsp3) is 0.714. The molecule has 4 saturated carbocycles. The molecular weight excluding hydrogens is 460 g/mol. The molecule has 0 spiro atoms. The molecule has 4 aliphatic carbocycles. The van der Waals surface area contributed by atoms with Crippen LogP contribution in [0.4, 0.5) is 4.79 Å². The number of methoxy groups -OCH3 is 3. The molecule has 1 N–H and O–H groups in total. The summed E-state index contributed by atoms with van der Waals surface area (Å²) in [6, 6.07) is 3.27. The van der Waals surface area contributed by atoms with Crippen LogP contribution in [0.25, 0.3) is 0 Å². The molecule has 1 heterocycles. The number of nitrogens with one attached hydrogen (secondary N) is 1. The third-order valence-electron chi connectivity index (χ3n) is 8.77. The van der Waals surface area contributed by atoms with Crippen LogP contribution < -0.4 is 19.5 Å². The van der Waals surface area contributed by atoms with Crippen LogP contribution in [0.1, 0.15) is 63.4 Å². The Kier molecular flexibility index (Phi) is 7.22. The van der Waals surface area contributed by atoms with Crippen molar-refractivity contribution in [2.45, 2.75) is 75.8 Å². The van der Waals surface area contributed by atoms with Crippen molar-refractivity contribution >= 4 is 12.0 Å². The number of benzene rings is 1. The summed E-state index contributed by atoms with van der Waals surface area (Å²) >= 11 is 0. The van der Waals surface area contributed by atoms with Crippen molar-refractivity contribution in [3.63, 3.8) is 0 Å². The van der Waals surface area contributed by atoms with Crippen LogP contribution in [0.15, 0.2) is 12.1 Å². The second kappa shape index (κ2) is 10.4. The molecule has 5 aliphatic rings. The maximum absolute atomic E-state index is 13.3. The van der Waals surface area contributed by atoms with E-state index in [0.717, 1.165) is 49.0 Å². The molecule has 4 bridgehead atoms. The number of hydrogen-bond donors (Lipinski definition) is 1. The molecule has 6 rings (SSSR count). The second-order valence-electron chi connectivity index (χ2n) is 11.3. The number of esters is 1. The molecule has 198 valence electrons. The molecular formula is C28H40N2O6. The van der Waals surface area contributed by atoms with Gasteiger partial charge in [0.05, 0.1) is 27.9 Å². The van der Waals surface area contributed by atoms with Crippen molar-refractivity contribution in [2.75, 3.05) is 34.5 Å². The first-order valence-electron chi connectivity index (χ1n) is 13.5. The quantitative estimate of drug-likeness (QED) is 0.401. The van der Waals surface area contributed by atoms with Gasteiger partial charge in [-0.3, -0.25) is 0 Å². The molecule has 1 aromatic carbocycles. The Morgan fingerprint density at radius 2 is 1.58 bits per heavy atom. The Bertz CT molecular complexity index is 918. The van der Waals surface area contributed by atoms with Crippen molar-refractivity contribution in [1.82, 2.24) is 10.2 Å². The van der Waals surface area contributed by atoms with Crippen LogP contribution in [0, 0.1) is 17.8 Å². The maximum Gasteiger partial charge on any atom is 0.328 e. The maximum atomic E-state index is 13.3. The lowest BCUT2D eigenvalue weighted by Gasteiger charge is -2.57. The van der Waals surface area contributed by atoms with E-state index < -0.39 is 6.04 Å². The summed E-state index contributed by atoms with van der Waals surface area (Å²) < 4.78 is 21.8. The summed E-state index contributed by atoms with van der Waals surface area (Å²) in [5.74, 6) is 3.77. The summed E-state index contributed by atoms with van der Waals surface area (Å²) in [6.07, 6.45) is 10.2. The molecule has 1 atom stereocenters.